The van der Waals surface area contributed by atoms with Crippen LogP contribution in [0.5, 0.6) is 11.5 Å². The number of ether oxygens (including phenoxy) is 2. The van der Waals surface area contributed by atoms with Crippen LogP contribution in [-0.4, -0.2) is 58.0 Å². The quantitative estimate of drug-likeness (QED) is 0.271. The lowest BCUT2D eigenvalue weighted by Gasteiger charge is -2.33. The third-order valence-corrected chi connectivity index (χ3v) is 10.1. The fourth-order valence-corrected chi connectivity index (χ4v) is 6.92. The summed E-state index contributed by atoms with van der Waals surface area (Å²) in [6.07, 6.45) is 5.05. The van der Waals surface area contributed by atoms with Crippen LogP contribution in [0.3, 0.4) is 0 Å². The van der Waals surface area contributed by atoms with E-state index in [2.05, 4.69) is 5.32 Å². The maximum Gasteiger partial charge on any atom is 0.264 e. The maximum atomic E-state index is 14.2. The summed E-state index contributed by atoms with van der Waals surface area (Å²) in [5.74, 6) is -0.203. The molecule has 236 valence electrons. The number of hydrogen-bond donors (Lipinski definition) is 1. The first-order valence-corrected chi connectivity index (χ1v) is 16.5. The van der Waals surface area contributed by atoms with Crippen LogP contribution in [-0.2, 0) is 26.2 Å². The van der Waals surface area contributed by atoms with Gasteiger partial charge in [-0.05, 0) is 74.2 Å². The number of carbonyl (C=O) groups excluding carboxylic acids is 2. The molecule has 2 amide bonds. The minimum atomic E-state index is -4.30. The highest BCUT2D eigenvalue weighted by Gasteiger charge is 2.34. The topological polar surface area (TPSA) is 105 Å². The van der Waals surface area contributed by atoms with Crippen molar-refractivity contribution in [3.63, 3.8) is 0 Å². The van der Waals surface area contributed by atoms with Gasteiger partial charge in [0.1, 0.15) is 12.6 Å². The van der Waals surface area contributed by atoms with Gasteiger partial charge in [-0.25, -0.2) is 8.42 Å². The van der Waals surface area contributed by atoms with E-state index < -0.39 is 28.5 Å². The van der Waals surface area contributed by atoms with E-state index in [1.54, 1.807) is 31.2 Å². The van der Waals surface area contributed by atoms with Crippen LogP contribution in [0, 0.1) is 6.92 Å². The Hall–Kier alpha value is -3.76. The van der Waals surface area contributed by atoms with E-state index in [1.165, 1.54) is 37.3 Å². The molecule has 9 nitrogen and oxygen atoms in total. The van der Waals surface area contributed by atoms with Crippen molar-refractivity contribution in [3.05, 3.63) is 82.9 Å². The smallest absolute Gasteiger partial charge is 0.264 e. The summed E-state index contributed by atoms with van der Waals surface area (Å²) >= 11 is 6.12. The van der Waals surface area contributed by atoms with E-state index >= 15 is 0 Å². The molecule has 4 rings (SSSR count). The van der Waals surface area contributed by atoms with Gasteiger partial charge in [0.05, 0.1) is 24.8 Å². The average Bonchev–Trinajstić information content (AvgIpc) is 3.03. The predicted octanol–water partition coefficient (Wildman–Crippen LogP) is 5.73. The molecule has 0 aromatic heterocycles. The number of rotatable bonds is 12. The molecule has 0 saturated heterocycles. The summed E-state index contributed by atoms with van der Waals surface area (Å²) < 4.78 is 40.0. The molecule has 0 heterocycles. The molecule has 0 radical (unpaired) electrons. The zero-order valence-electron chi connectivity index (χ0n) is 25.6. The number of anilines is 1. The predicted molar refractivity (Wildman–Crippen MR) is 172 cm³/mol. The van der Waals surface area contributed by atoms with Crippen molar-refractivity contribution in [1.29, 1.82) is 0 Å². The molecule has 1 fully saturated rings. The molecule has 1 aliphatic carbocycles. The highest BCUT2D eigenvalue weighted by molar-refractivity contribution is 7.92. The van der Waals surface area contributed by atoms with Gasteiger partial charge >= 0.3 is 0 Å². The Bertz CT molecular complexity index is 1560. The normalized spacial score (nSPS) is 14.4. The van der Waals surface area contributed by atoms with Crippen molar-refractivity contribution in [1.82, 2.24) is 10.2 Å². The fourth-order valence-electron chi connectivity index (χ4n) is 5.36. The van der Waals surface area contributed by atoms with Gasteiger partial charge in [0.15, 0.2) is 11.5 Å². The number of aryl methyl sites for hydroxylation is 1. The van der Waals surface area contributed by atoms with E-state index in [0.717, 1.165) is 47.5 Å². The van der Waals surface area contributed by atoms with Gasteiger partial charge in [0, 0.05) is 23.7 Å². The molecule has 3 aromatic rings. The van der Waals surface area contributed by atoms with Crippen LogP contribution in [0.15, 0.2) is 71.6 Å². The number of benzene rings is 3. The summed E-state index contributed by atoms with van der Waals surface area (Å²) in [5.41, 5.74) is 2.06. The summed E-state index contributed by atoms with van der Waals surface area (Å²) in [5, 5.41) is 3.53. The van der Waals surface area contributed by atoms with Gasteiger partial charge < -0.3 is 19.7 Å². The molecule has 1 saturated carbocycles. The first kappa shape index (κ1) is 33.1. The van der Waals surface area contributed by atoms with Gasteiger partial charge in [-0.3, -0.25) is 13.9 Å². The Morgan fingerprint density at radius 3 is 2.25 bits per heavy atom. The standard InChI is InChI=1S/C33H40ClN3O6S/c1-23-10-8-9-11-25(23)21-36(24(2)33(39)35-27-12-6-5-7-13-27)32(38)22-37(28-16-14-26(34)15-17-28)44(40,41)29-18-19-30(42-3)31(20-29)43-4/h8-11,14-20,24,27H,5-7,12-13,21-22H2,1-4H3,(H,35,39)/t24-/m0/s1. The lowest BCUT2D eigenvalue weighted by Crippen LogP contribution is -2.53. The zero-order valence-corrected chi connectivity index (χ0v) is 27.2. The molecular formula is C33H40ClN3O6S. The molecule has 1 aliphatic rings. The van der Waals surface area contributed by atoms with Crippen LogP contribution in [0.4, 0.5) is 5.69 Å². The third kappa shape index (κ3) is 7.84. The molecule has 0 bridgehead atoms. The van der Waals surface area contributed by atoms with Crippen LogP contribution in [0.25, 0.3) is 0 Å². The van der Waals surface area contributed by atoms with E-state index in [9.17, 15) is 18.0 Å². The van der Waals surface area contributed by atoms with E-state index in [-0.39, 0.29) is 34.8 Å². The number of amides is 2. The van der Waals surface area contributed by atoms with Crippen molar-refractivity contribution >= 4 is 39.1 Å². The molecular weight excluding hydrogens is 602 g/mol. The first-order chi connectivity index (χ1) is 21.0. The van der Waals surface area contributed by atoms with Crippen molar-refractivity contribution < 1.29 is 27.5 Å². The van der Waals surface area contributed by atoms with Crippen molar-refractivity contribution in [2.24, 2.45) is 0 Å². The molecule has 1 N–H and O–H groups in total. The van der Waals surface area contributed by atoms with Gasteiger partial charge in [-0.2, -0.15) is 0 Å². The first-order valence-electron chi connectivity index (χ1n) is 14.7. The van der Waals surface area contributed by atoms with Gasteiger partial charge in [-0.15, -0.1) is 0 Å². The highest BCUT2D eigenvalue weighted by Crippen LogP contribution is 2.33. The Morgan fingerprint density at radius 1 is 0.955 bits per heavy atom. The molecule has 44 heavy (non-hydrogen) atoms. The highest BCUT2D eigenvalue weighted by atomic mass is 35.5. The van der Waals surface area contributed by atoms with Gasteiger partial charge in [0.25, 0.3) is 10.0 Å². The average molecular weight is 642 g/mol. The van der Waals surface area contributed by atoms with E-state index in [0.29, 0.717) is 10.8 Å². The summed E-state index contributed by atoms with van der Waals surface area (Å²) in [6.45, 7) is 3.21. The Kier molecular flexibility index (Phi) is 11.2. The molecule has 0 spiro atoms. The number of nitrogens with zero attached hydrogens (tertiary/aromatic N) is 2. The van der Waals surface area contributed by atoms with E-state index in [4.69, 9.17) is 21.1 Å². The SMILES string of the molecule is COc1ccc(S(=O)(=O)N(CC(=O)N(Cc2ccccc2C)[C@@H](C)C(=O)NC2CCCCC2)c2ccc(Cl)cc2)cc1OC. The van der Waals surface area contributed by atoms with E-state index in [1.807, 2.05) is 31.2 Å². The second-order valence-corrected chi connectivity index (χ2v) is 13.3. The lowest BCUT2D eigenvalue weighted by atomic mass is 9.95. The number of halogens is 1. The van der Waals surface area contributed by atoms with Crippen molar-refractivity contribution in [2.45, 2.75) is 69.5 Å². The Balaban J connectivity index is 1.71. The van der Waals surface area contributed by atoms with Gasteiger partial charge in [-0.1, -0.05) is 55.1 Å². The van der Waals surface area contributed by atoms with Crippen LogP contribution in [0.1, 0.15) is 50.2 Å². The molecule has 3 aromatic carbocycles. The number of carbonyl (C=O) groups is 2. The van der Waals surface area contributed by atoms with Crippen LogP contribution < -0.4 is 19.1 Å². The number of nitrogens with one attached hydrogen (secondary N) is 1. The van der Waals surface area contributed by atoms with Crippen LogP contribution in [0.2, 0.25) is 5.02 Å². The van der Waals surface area contributed by atoms with Crippen molar-refractivity contribution in [2.75, 3.05) is 25.1 Å². The van der Waals surface area contributed by atoms with Gasteiger partial charge in [0.2, 0.25) is 11.8 Å². The monoisotopic (exact) mass is 641 g/mol. The Labute approximate surface area is 265 Å². The number of hydrogen-bond acceptors (Lipinski definition) is 6. The second kappa shape index (κ2) is 14.8. The largest absolute Gasteiger partial charge is 0.493 e. The Morgan fingerprint density at radius 2 is 1.61 bits per heavy atom. The number of methoxy groups -OCH3 is 2. The zero-order chi connectivity index (χ0) is 31.9. The minimum Gasteiger partial charge on any atom is -0.493 e. The third-order valence-electron chi connectivity index (χ3n) is 8.06. The molecule has 0 aliphatic heterocycles. The molecule has 11 heteroatoms. The summed E-state index contributed by atoms with van der Waals surface area (Å²) in [6, 6.07) is 17.3. The minimum absolute atomic E-state index is 0.0603. The summed E-state index contributed by atoms with van der Waals surface area (Å²) in [7, 11) is -1.42. The van der Waals surface area contributed by atoms with Crippen LogP contribution >= 0.6 is 11.6 Å². The number of sulfonamides is 1. The maximum absolute atomic E-state index is 14.2. The fraction of sp³-hybridized carbons (Fsp3) is 0.394. The lowest BCUT2D eigenvalue weighted by molar-refractivity contribution is -0.139. The second-order valence-electron chi connectivity index (χ2n) is 11.0. The molecule has 0 unspecified atom stereocenters. The molecule has 1 atom stereocenters. The van der Waals surface area contributed by atoms with Crippen molar-refractivity contribution in [3.8, 4) is 11.5 Å². The summed E-state index contributed by atoms with van der Waals surface area (Å²) in [4.78, 5) is 29.1.